The number of aromatic nitrogens is 3. The molecule has 0 saturated heterocycles. The van der Waals surface area contributed by atoms with Gasteiger partial charge in [0.15, 0.2) is 0 Å². The van der Waals surface area contributed by atoms with Crippen LogP contribution in [-0.4, -0.2) is 45.9 Å². The van der Waals surface area contributed by atoms with Gasteiger partial charge in [0.1, 0.15) is 6.33 Å². The van der Waals surface area contributed by atoms with E-state index >= 15 is 0 Å². The molecule has 0 saturated carbocycles. The van der Waals surface area contributed by atoms with Gasteiger partial charge in [-0.05, 0) is 17.7 Å². The number of hydrogen-bond acceptors (Lipinski definition) is 6. The molecule has 0 aliphatic carbocycles. The number of halogens is 2. The Labute approximate surface area is 138 Å². The van der Waals surface area contributed by atoms with Gasteiger partial charge in [0.25, 0.3) is 5.95 Å². The van der Waals surface area contributed by atoms with Crippen LogP contribution < -0.4 is 16.2 Å². The van der Waals surface area contributed by atoms with Crippen LogP contribution in [0.3, 0.4) is 0 Å². The van der Waals surface area contributed by atoms with Gasteiger partial charge >= 0.3 is 0 Å². The number of nitrogen functional groups attached to an aromatic ring is 1. The van der Waals surface area contributed by atoms with Crippen molar-refractivity contribution in [2.75, 3.05) is 41.0 Å². The van der Waals surface area contributed by atoms with Crippen LogP contribution in [0.4, 0.5) is 11.6 Å². The standard InChI is InChI=1S/C13H17Cl2N7/c14-5-7-21(8-6-15)12-3-1-11(2-4-12)9-17-19-13-20-18-10-22(13)16/h1-4,9-10H,5-8,16H2,(H,19,20)/b17-9+. The molecule has 0 bridgehead atoms. The highest BCUT2D eigenvalue weighted by Crippen LogP contribution is 2.15. The lowest BCUT2D eigenvalue weighted by molar-refractivity contribution is 0.874. The summed E-state index contributed by atoms with van der Waals surface area (Å²) in [5.74, 6) is 7.04. The maximum Gasteiger partial charge on any atom is 0.263 e. The Morgan fingerprint density at radius 2 is 1.91 bits per heavy atom. The van der Waals surface area contributed by atoms with Crippen molar-refractivity contribution in [2.45, 2.75) is 0 Å². The van der Waals surface area contributed by atoms with Gasteiger partial charge < -0.3 is 10.7 Å². The molecule has 0 spiro atoms. The molecular weight excluding hydrogens is 325 g/mol. The highest BCUT2D eigenvalue weighted by molar-refractivity contribution is 6.18. The van der Waals surface area contributed by atoms with Crippen LogP contribution in [0.2, 0.25) is 0 Å². The minimum absolute atomic E-state index is 0.364. The van der Waals surface area contributed by atoms with E-state index in [9.17, 15) is 0 Å². The van der Waals surface area contributed by atoms with E-state index in [1.807, 2.05) is 24.3 Å². The SMILES string of the molecule is Nn1cnnc1N/N=C/c1ccc(N(CCCl)CCCl)cc1. The maximum absolute atomic E-state index is 5.81. The molecule has 0 fully saturated rings. The Bertz CT molecular complexity index is 591. The van der Waals surface area contributed by atoms with E-state index in [1.54, 1.807) is 6.21 Å². The third kappa shape index (κ3) is 4.51. The lowest BCUT2D eigenvalue weighted by atomic mass is 10.2. The van der Waals surface area contributed by atoms with Crippen LogP contribution in [-0.2, 0) is 0 Å². The number of nitrogens with one attached hydrogen (secondary N) is 1. The highest BCUT2D eigenvalue weighted by atomic mass is 35.5. The Morgan fingerprint density at radius 3 is 2.45 bits per heavy atom. The molecule has 1 aromatic heterocycles. The third-order valence-corrected chi connectivity index (χ3v) is 3.26. The fraction of sp³-hybridized carbons (Fsp3) is 0.308. The quantitative estimate of drug-likeness (QED) is 0.330. The fourth-order valence-electron chi connectivity index (χ4n) is 1.83. The summed E-state index contributed by atoms with van der Waals surface area (Å²) in [5, 5.41) is 11.5. The first-order valence-corrected chi connectivity index (χ1v) is 7.72. The van der Waals surface area contributed by atoms with E-state index in [1.165, 1.54) is 11.0 Å². The molecule has 3 N–H and O–H groups in total. The van der Waals surface area contributed by atoms with E-state index in [0.29, 0.717) is 17.7 Å². The molecule has 0 amide bonds. The predicted octanol–water partition coefficient (Wildman–Crippen LogP) is 1.72. The zero-order valence-corrected chi connectivity index (χ0v) is 13.4. The highest BCUT2D eigenvalue weighted by Gasteiger charge is 2.04. The van der Waals surface area contributed by atoms with E-state index in [0.717, 1.165) is 24.3 Å². The smallest absolute Gasteiger partial charge is 0.263 e. The summed E-state index contributed by atoms with van der Waals surface area (Å²) in [4.78, 5) is 2.13. The zero-order valence-electron chi connectivity index (χ0n) is 11.9. The average Bonchev–Trinajstić information content (AvgIpc) is 2.93. The summed E-state index contributed by atoms with van der Waals surface area (Å²) >= 11 is 11.6. The Hall–Kier alpha value is -1.99. The zero-order chi connectivity index (χ0) is 15.8. The summed E-state index contributed by atoms with van der Waals surface area (Å²) in [6, 6.07) is 7.93. The van der Waals surface area contributed by atoms with Crippen LogP contribution in [0.15, 0.2) is 35.7 Å². The minimum Gasteiger partial charge on any atom is -0.369 e. The first kappa shape index (κ1) is 16.4. The van der Waals surface area contributed by atoms with Gasteiger partial charge in [0, 0.05) is 30.5 Å². The monoisotopic (exact) mass is 341 g/mol. The van der Waals surface area contributed by atoms with Crippen LogP contribution in [0.5, 0.6) is 0 Å². The summed E-state index contributed by atoms with van der Waals surface area (Å²) in [6.45, 7) is 1.52. The van der Waals surface area contributed by atoms with Gasteiger partial charge in [-0.2, -0.15) is 5.10 Å². The number of nitrogens with zero attached hydrogens (tertiary/aromatic N) is 5. The second kappa shape index (κ2) is 8.45. The van der Waals surface area contributed by atoms with Crippen LogP contribution in [0.25, 0.3) is 0 Å². The molecule has 2 rings (SSSR count). The molecule has 2 aromatic rings. The molecular formula is C13H17Cl2N7. The molecule has 0 aliphatic rings. The Kier molecular flexibility index (Phi) is 6.29. The summed E-state index contributed by atoms with van der Waals surface area (Å²) < 4.78 is 1.25. The van der Waals surface area contributed by atoms with Crippen LogP contribution in [0, 0.1) is 0 Å². The second-order valence-corrected chi connectivity index (χ2v) is 5.14. The van der Waals surface area contributed by atoms with Crippen LogP contribution >= 0.6 is 23.2 Å². The number of anilines is 2. The molecule has 1 aromatic carbocycles. The lowest BCUT2D eigenvalue weighted by Crippen LogP contribution is -2.27. The van der Waals surface area contributed by atoms with Crippen LogP contribution in [0.1, 0.15) is 5.56 Å². The summed E-state index contributed by atoms with van der Waals surface area (Å²) in [5.41, 5.74) is 4.73. The van der Waals surface area contributed by atoms with E-state index in [4.69, 9.17) is 29.0 Å². The number of benzene rings is 1. The Balaban J connectivity index is 1.97. The van der Waals surface area contributed by atoms with Gasteiger partial charge in [0.2, 0.25) is 0 Å². The lowest BCUT2D eigenvalue weighted by Gasteiger charge is -2.22. The molecule has 0 atom stereocenters. The molecule has 7 nitrogen and oxygen atoms in total. The van der Waals surface area contributed by atoms with Crippen molar-refractivity contribution in [3.63, 3.8) is 0 Å². The maximum atomic E-state index is 5.81. The molecule has 0 radical (unpaired) electrons. The van der Waals surface area contributed by atoms with Crippen molar-refractivity contribution in [2.24, 2.45) is 5.10 Å². The molecule has 118 valence electrons. The van der Waals surface area contributed by atoms with Crippen molar-refractivity contribution < 1.29 is 0 Å². The first-order valence-electron chi connectivity index (χ1n) is 6.65. The summed E-state index contributed by atoms with van der Waals surface area (Å²) in [6.07, 6.45) is 3.06. The first-order chi connectivity index (χ1) is 10.7. The number of rotatable bonds is 8. The van der Waals surface area contributed by atoms with Crippen molar-refractivity contribution in [1.82, 2.24) is 14.9 Å². The van der Waals surface area contributed by atoms with Gasteiger partial charge in [-0.3, -0.25) is 0 Å². The topological polar surface area (TPSA) is 84.4 Å². The summed E-state index contributed by atoms with van der Waals surface area (Å²) in [7, 11) is 0. The minimum atomic E-state index is 0.364. The second-order valence-electron chi connectivity index (χ2n) is 4.39. The van der Waals surface area contributed by atoms with Gasteiger partial charge in [-0.25, -0.2) is 10.1 Å². The number of hydrogen-bond donors (Lipinski definition) is 2. The molecule has 1 heterocycles. The number of hydrazone groups is 1. The van der Waals surface area contributed by atoms with Crippen molar-refractivity contribution in [3.05, 3.63) is 36.2 Å². The fourth-order valence-corrected chi connectivity index (χ4v) is 2.24. The normalized spacial score (nSPS) is 11.0. The Morgan fingerprint density at radius 1 is 1.23 bits per heavy atom. The van der Waals surface area contributed by atoms with E-state index in [-0.39, 0.29) is 0 Å². The van der Waals surface area contributed by atoms with E-state index < -0.39 is 0 Å². The molecule has 22 heavy (non-hydrogen) atoms. The van der Waals surface area contributed by atoms with Gasteiger partial charge in [-0.15, -0.1) is 33.4 Å². The van der Waals surface area contributed by atoms with E-state index in [2.05, 4.69) is 25.6 Å². The van der Waals surface area contributed by atoms with Crippen molar-refractivity contribution >= 4 is 41.1 Å². The molecule has 9 heteroatoms. The van der Waals surface area contributed by atoms with Crippen molar-refractivity contribution in [3.8, 4) is 0 Å². The largest absolute Gasteiger partial charge is 0.369 e. The number of alkyl halides is 2. The third-order valence-electron chi connectivity index (χ3n) is 2.92. The van der Waals surface area contributed by atoms with Crippen molar-refractivity contribution in [1.29, 1.82) is 0 Å². The van der Waals surface area contributed by atoms with Gasteiger partial charge in [0.05, 0.1) is 6.21 Å². The predicted molar refractivity (Wildman–Crippen MR) is 91.5 cm³/mol. The van der Waals surface area contributed by atoms with Gasteiger partial charge in [-0.1, -0.05) is 12.1 Å². The molecule has 0 aliphatic heterocycles. The molecule has 0 unspecified atom stereocenters. The average molecular weight is 342 g/mol. The number of nitrogens with two attached hydrogens (primary N) is 1.